The number of carbonyl (C=O) groups is 2. The second-order valence-corrected chi connectivity index (χ2v) is 5.98. The number of hydroxylamine groups is 1. The molecule has 5 nitrogen and oxygen atoms in total. The summed E-state index contributed by atoms with van der Waals surface area (Å²) < 4.78 is 0. The van der Waals surface area contributed by atoms with Gasteiger partial charge in [-0.05, 0) is 39.5 Å². The van der Waals surface area contributed by atoms with E-state index >= 15 is 0 Å². The van der Waals surface area contributed by atoms with Crippen molar-refractivity contribution in [2.75, 3.05) is 0 Å². The van der Waals surface area contributed by atoms with E-state index < -0.39 is 23.4 Å². The lowest BCUT2D eigenvalue weighted by atomic mass is 9.96. The molecule has 5 heteroatoms. The molecule has 18 heavy (non-hydrogen) atoms. The van der Waals surface area contributed by atoms with Crippen LogP contribution in [0.15, 0.2) is 0 Å². The van der Waals surface area contributed by atoms with Gasteiger partial charge in [0, 0.05) is 0 Å². The first-order chi connectivity index (χ1) is 8.24. The maximum atomic E-state index is 12.0. The van der Waals surface area contributed by atoms with Gasteiger partial charge in [-0.2, -0.15) is 0 Å². The number of carboxylic acids is 1. The van der Waals surface area contributed by atoms with Crippen LogP contribution in [-0.4, -0.2) is 22.6 Å². The summed E-state index contributed by atoms with van der Waals surface area (Å²) in [6.07, 6.45) is 2.12. The van der Waals surface area contributed by atoms with Gasteiger partial charge in [0.15, 0.2) is 0 Å². The Labute approximate surface area is 108 Å². The van der Waals surface area contributed by atoms with Crippen LogP contribution < -0.4 is 5.48 Å². The third kappa shape index (κ3) is 3.98. The minimum Gasteiger partial charge on any atom is -0.481 e. The van der Waals surface area contributed by atoms with Crippen molar-refractivity contribution in [3.05, 3.63) is 0 Å². The van der Waals surface area contributed by atoms with E-state index in [1.165, 1.54) is 0 Å². The second kappa shape index (κ2) is 5.69. The highest BCUT2D eigenvalue weighted by molar-refractivity contribution is 5.84. The number of aliphatic carboxylic acids is 1. The predicted molar refractivity (Wildman–Crippen MR) is 66.6 cm³/mol. The molecule has 1 aliphatic carbocycles. The molecule has 1 amide bonds. The van der Waals surface area contributed by atoms with Crippen molar-refractivity contribution < 1.29 is 19.5 Å². The van der Waals surface area contributed by atoms with Crippen molar-refractivity contribution >= 4 is 11.9 Å². The van der Waals surface area contributed by atoms with Crippen LogP contribution in [-0.2, 0) is 14.4 Å². The van der Waals surface area contributed by atoms with Crippen LogP contribution in [0.4, 0.5) is 0 Å². The van der Waals surface area contributed by atoms with Crippen molar-refractivity contribution in [2.45, 2.75) is 52.6 Å². The highest BCUT2D eigenvalue weighted by Crippen LogP contribution is 2.38. The summed E-state index contributed by atoms with van der Waals surface area (Å²) in [5, 5.41) is 9.15. The van der Waals surface area contributed by atoms with Gasteiger partial charge in [-0.25, -0.2) is 5.48 Å². The van der Waals surface area contributed by atoms with Crippen LogP contribution in [0.2, 0.25) is 0 Å². The van der Waals surface area contributed by atoms with Gasteiger partial charge in [0.2, 0.25) is 5.91 Å². The average molecular weight is 257 g/mol. The summed E-state index contributed by atoms with van der Waals surface area (Å²) in [5.41, 5.74) is 1.92. The zero-order valence-corrected chi connectivity index (χ0v) is 11.5. The summed E-state index contributed by atoms with van der Waals surface area (Å²) in [5.74, 6) is -1.94. The summed E-state index contributed by atoms with van der Waals surface area (Å²) in [6, 6.07) is 0. The van der Waals surface area contributed by atoms with E-state index in [0.29, 0.717) is 18.8 Å². The molecule has 2 N–H and O–H groups in total. The standard InChI is InChI=1S/C13H23NO4/c1-5-8-6-9(10(7-8)12(16)17)11(15)14-18-13(2,3)4/h8-10H,5-7H2,1-4H3,(H,14,15)(H,16,17)/t8?,9-,10+/m0/s1. The molecule has 1 aliphatic rings. The molecule has 0 aromatic rings. The summed E-state index contributed by atoms with van der Waals surface area (Å²) in [6.45, 7) is 7.50. The van der Waals surface area contributed by atoms with Gasteiger partial charge in [0.1, 0.15) is 0 Å². The number of hydrogen-bond donors (Lipinski definition) is 2. The van der Waals surface area contributed by atoms with Gasteiger partial charge in [0.05, 0.1) is 17.4 Å². The zero-order chi connectivity index (χ0) is 13.9. The Kier molecular flexibility index (Phi) is 4.73. The van der Waals surface area contributed by atoms with E-state index in [1.807, 2.05) is 27.7 Å². The zero-order valence-electron chi connectivity index (χ0n) is 11.5. The summed E-state index contributed by atoms with van der Waals surface area (Å²) in [4.78, 5) is 28.3. The van der Waals surface area contributed by atoms with Crippen LogP contribution in [0.1, 0.15) is 47.0 Å². The fourth-order valence-corrected chi connectivity index (χ4v) is 2.32. The first kappa shape index (κ1) is 15.0. The Morgan fingerprint density at radius 3 is 2.28 bits per heavy atom. The maximum Gasteiger partial charge on any atom is 0.307 e. The van der Waals surface area contributed by atoms with E-state index in [0.717, 1.165) is 6.42 Å². The molecule has 0 saturated heterocycles. The molecular weight excluding hydrogens is 234 g/mol. The number of rotatable bonds is 4. The molecule has 0 spiro atoms. The maximum absolute atomic E-state index is 12.0. The minimum atomic E-state index is -0.887. The van der Waals surface area contributed by atoms with E-state index in [9.17, 15) is 9.59 Å². The molecular formula is C13H23NO4. The lowest BCUT2D eigenvalue weighted by Gasteiger charge is -2.22. The topological polar surface area (TPSA) is 75.6 Å². The highest BCUT2D eigenvalue weighted by Gasteiger charge is 2.42. The van der Waals surface area contributed by atoms with Gasteiger partial charge < -0.3 is 5.11 Å². The van der Waals surface area contributed by atoms with Crippen LogP contribution in [0.25, 0.3) is 0 Å². The summed E-state index contributed by atoms with van der Waals surface area (Å²) >= 11 is 0. The minimum absolute atomic E-state index is 0.312. The van der Waals surface area contributed by atoms with Gasteiger partial charge in [-0.1, -0.05) is 13.3 Å². The first-order valence-corrected chi connectivity index (χ1v) is 6.45. The lowest BCUT2D eigenvalue weighted by Crippen LogP contribution is -2.39. The molecule has 1 unspecified atom stereocenters. The number of nitrogens with one attached hydrogen (secondary N) is 1. The molecule has 0 bridgehead atoms. The molecule has 0 heterocycles. The van der Waals surface area contributed by atoms with E-state index in [-0.39, 0.29) is 5.91 Å². The Morgan fingerprint density at radius 2 is 1.83 bits per heavy atom. The van der Waals surface area contributed by atoms with Gasteiger partial charge >= 0.3 is 5.97 Å². The molecule has 1 saturated carbocycles. The Hall–Kier alpha value is -1.10. The number of amides is 1. The van der Waals surface area contributed by atoms with Crippen LogP contribution in [0.5, 0.6) is 0 Å². The molecule has 0 radical (unpaired) electrons. The van der Waals surface area contributed by atoms with Crippen LogP contribution in [0.3, 0.4) is 0 Å². The monoisotopic (exact) mass is 257 g/mol. The van der Waals surface area contributed by atoms with Crippen molar-refractivity contribution in [3.8, 4) is 0 Å². The van der Waals surface area contributed by atoms with Crippen molar-refractivity contribution in [3.63, 3.8) is 0 Å². The van der Waals surface area contributed by atoms with E-state index in [2.05, 4.69) is 5.48 Å². The van der Waals surface area contributed by atoms with Crippen molar-refractivity contribution in [2.24, 2.45) is 17.8 Å². The van der Waals surface area contributed by atoms with E-state index in [1.54, 1.807) is 0 Å². The molecule has 0 aromatic heterocycles. The summed E-state index contributed by atoms with van der Waals surface area (Å²) in [7, 11) is 0. The quantitative estimate of drug-likeness (QED) is 0.755. The number of carboxylic acid groups (broad SMARTS) is 1. The van der Waals surface area contributed by atoms with Crippen LogP contribution >= 0.6 is 0 Å². The third-order valence-electron chi connectivity index (χ3n) is 3.35. The highest BCUT2D eigenvalue weighted by atomic mass is 16.7. The normalized spacial score (nSPS) is 28.1. The van der Waals surface area contributed by atoms with Crippen LogP contribution in [0, 0.1) is 17.8 Å². The Bertz CT molecular complexity index is 321. The predicted octanol–water partition coefficient (Wildman–Crippen LogP) is 1.97. The third-order valence-corrected chi connectivity index (χ3v) is 3.35. The number of carbonyl (C=O) groups excluding carboxylic acids is 1. The van der Waals surface area contributed by atoms with Crippen molar-refractivity contribution in [1.82, 2.24) is 5.48 Å². The molecule has 3 atom stereocenters. The van der Waals surface area contributed by atoms with Gasteiger partial charge in [0.25, 0.3) is 0 Å². The Balaban J connectivity index is 2.62. The second-order valence-electron chi connectivity index (χ2n) is 5.98. The Morgan fingerprint density at radius 1 is 1.28 bits per heavy atom. The molecule has 0 aromatic carbocycles. The first-order valence-electron chi connectivity index (χ1n) is 6.45. The lowest BCUT2D eigenvalue weighted by molar-refractivity contribution is -0.156. The smallest absolute Gasteiger partial charge is 0.307 e. The molecule has 104 valence electrons. The molecule has 1 fully saturated rings. The van der Waals surface area contributed by atoms with Crippen molar-refractivity contribution in [1.29, 1.82) is 0 Å². The molecule has 1 rings (SSSR count). The fraction of sp³-hybridized carbons (Fsp3) is 0.846. The van der Waals surface area contributed by atoms with Gasteiger partial charge in [-0.3, -0.25) is 14.4 Å². The fourth-order valence-electron chi connectivity index (χ4n) is 2.32. The van der Waals surface area contributed by atoms with Gasteiger partial charge in [-0.15, -0.1) is 0 Å². The number of hydrogen-bond acceptors (Lipinski definition) is 3. The average Bonchev–Trinajstić information content (AvgIpc) is 2.69. The SMILES string of the molecule is CCC1C[C@H](C(=O)NOC(C)(C)C)[C@H](C(=O)O)C1. The van der Waals surface area contributed by atoms with E-state index in [4.69, 9.17) is 9.94 Å². The largest absolute Gasteiger partial charge is 0.481 e. The molecule has 0 aliphatic heterocycles.